The highest BCUT2D eigenvalue weighted by Gasteiger charge is 2.21. The molecular formula is C22H30N2O3S. The van der Waals surface area contributed by atoms with Gasteiger partial charge in [-0.1, -0.05) is 44.2 Å². The average molecular weight is 403 g/mol. The van der Waals surface area contributed by atoms with Crippen LogP contribution in [0.15, 0.2) is 42.5 Å². The molecule has 0 aliphatic rings. The van der Waals surface area contributed by atoms with Crippen LogP contribution in [0.3, 0.4) is 0 Å². The second-order valence-corrected chi connectivity index (χ2v) is 9.62. The van der Waals surface area contributed by atoms with Gasteiger partial charge in [0.05, 0.1) is 18.5 Å². The molecule has 0 saturated carbocycles. The van der Waals surface area contributed by atoms with E-state index in [4.69, 9.17) is 0 Å². The van der Waals surface area contributed by atoms with E-state index in [0.29, 0.717) is 17.2 Å². The number of aryl methyl sites for hydroxylation is 2. The van der Waals surface area contributed by atoms with Gasteiger partial charge in [-0.05, 0) is 55.5 Å². The third-order valence-electron chi connectivity index (χ3n) is 4.99. The van der Waals surface area contributed by atoms with Gasteiger partial charge < -0.3 is 5.32 Å². The molecule has 0 aliphatic heterocycles. The van der Waals surface area contributed by atoms with Crippen molar-refractivity contribution in [1.29, 1.82) is 0 Å². The van der Waals surface area contributed by atoms with Gasteiger partial charge in [0.2, 0.25) is 10.0 Å². The molecule has 28 heavy (non-hydrogen) atoms. The van der Waals surface area contributed by atoms with Crippen LogP contribution in [-0.2, 0) is 16.6 Å². The average Bonchev–Trinajstić information content (AvgIpc) is 2.60. The van der Waals surface area contributed by atoms with Crippen LogP contribution in [0.1, 0.15) is 47.8 Å². The summed E-state index contributed by atoms with van der Waals surface area (Å²) in [7, 11) is -3.46. The Balaban J connectivity index is 2.26. The zero-order valence-electron chi connectivity index (χ0n) is 17.5. The van der Waals surface area contributed by atoms with Crippen molar-refractivity contribution in [1.82, 2.24) is 5.32 Å². The van der Waals surface area contributed by atoms with Crippen LogP contribution >= 0.6 is 0 Å². The maximum Gasteiger partial charge on any atom is 0.251 e. The second-order valence-electron chi connectivity index (χ2n) is 7.71. The summed E-state index contributed by atoms with van der Waals surface area (Å²) < 4.78 is 26.3. The standard InChI is InChI=1S/C22H30N2O3S/c1-15(2)18(5)23-22(25)20-12-10-19(11-13-20)14-24(28(6,26)27)21-16(3)8-7-9-17(21)4/h7-13,15,18H,14H2,1-6H3,(H,23,25). The molecule has 2 aromatic rings. The third kappa shape index (κ3) is 5.35. The molecular weight excluding hydrogens is 372 g/mol. The van der Waals surface area contributed by atoms with Crippen LogP contribution < -0.4 is 9.62 Å². The fourth-order valence-corrected chi connectivity index (χ4v) is 3.95. The number of amides is 1. The van der Waals surface area contributed by atoms with Crippen LogP contribution in [0.2, 0.25) is 0 Å². The summed E-state index contributed by atoms with van der Waals surface area (Å²) in [4.78, 5) is 12.3. The molecule has 0 saturated heterocycles. The minimum absolute atomic E-state index is 0.0805. The second kappa shape index (κ2) is 8.78. The molecule has 0 fully saturated rings. The first-order valence-electron chi connectivity index (χ1n) is 9.44. The zero-order chi connectivity index (χ0) is 21.1. The number of nitrogens with zero attached hydrogens (tertiary/aromatic N) is 1. The van der Waals surface area contributed by atoms with E-state index in [1.54, 1.807) is 24.3 Å². The number of hydrogen-bond acceptors (Lipinski definition) is 3. The number of hydrogen-bond donors (Lipinski definition) is 1. The molecule has 0 aliphatic carbocycles. The van der Waals surface area contributed by atoms with E-state index in [1.165, 1.54) is 10.6 Å². The SMILES string of the molecule is Cc1cccc(C)c1N(Cc1ccc(C(=O)NC(C)C(C)C)cc1)S(C)(=O)=O. The summed E-state index contributed by atoms with van der Waals surface area (Å²) in [6.45, 7) is 10.1. The quantitative estimate of drug-likeness (QED) is 0.760. The zero-order valence-corrected chi connectivity index (χ0v) is 18.3. The smallest absolute Gasteiger partial charge is 0.251 e. The Hall–Kier alpha value is -2.34. The number of carbonyl (C=O) groups is 1. The number of rotatable bonds is 7. The first kappa shape index (κ1) is 22.0. The van der Waals surface area contributed by atoms with Gasteiger partial charge >= 0.3 is 0 Å². The molecule has 0 spiro atoms. The molecule has 5 nitrogen and oxygen atoms in total. The molecule has 1 atom stereocenters. The summed E-state index contributed by atoms with van der Waals surface area (Å²) in [5, 5.41) is 2.98. The van der Waals surface area contributed by atoms with Gasteiger partial charge in [0.25, 0.3) is 5.91 Å². The number of para-hydroxylation sites is 1. The lowest BCUT2D eigenvalue weighted by atomic mass is 10.1. The molecule has 0 bridgehead atoms. The lowest BCUT2D eigenvalue weighted by Gasteiger charge is -2.26. The topological polar surface area (TPSA) is 66.5 Å². The van der Waals surface area contributed by atoms with Crippen LogP contribution in [0.5, 0.6) is 0 Å². The monoisotopic (exact) mass is 402 g/mol. The number of nitrogens with one attached hydrogen (secondary N) is 1. The van der Waals surface area contributed by atoms with Crippen molar-refractivity contribution in [2.75, 3.05) is 10.6 Å². The van der Waals surface area contributed by atoms with Crippen molar-refractivity contribution in [3.8, 4) is 0 Å². The van der Waals surface area contributed by atoms with Gasteiger partial charge in [-0.3, -0.25) is 9.10 Å². The predicted octanol–water partition coefficient (Wildman–Crippen LogP) is 4.04. The fraction of sp³-hybridized carbons (Fsp3) is 0.409. The van der Waals surface area contributed by atoms with Crippen LogP contribution in [0, 0.1) is 19.8 Å². The van der Waals surface area contributed by atoms with Gasteiger partial charge in [-0.2, -0.15) is 0 Å². The molecule has 6 heteroatoms. The van der Waals surface area contributed by atoms with Gasteiger partial charge in [-0.15, -0.1) is 0 Å². The first-order chi connectivity index (χ1) is 13.0. The number of anilines is 1. The van der Waals surface area contributed by atoms with Gasteiger partial charge in [0.15, 0.2) is 0 Å². The first-order valence-corrected chi connectivity index (χ1v) is 11.3. The van der Waals surface area contributed by atoms with Crippen LogP contribution in [0.4, 0.5) is 5.69 Å². The Labute approximate surface area is 168 Å². The maximum absolute atomic E-state index is 12.5. The summed E-state index contributed by atoms with van der Waals surface area (Å²) in [6.07, 6.45) is 1.22. The number of sulfonamides is 1. The van der Waals surface area contributed by atoms with Gasteiger partial charge in [0, 0.05) is 11.6 Å². The van der Waals surface area contributed by atoms with Crippen molar-refractivity contribution in [2.24, 2.45) is 5.92 Å². The molecule has 2 rings (SSSR count). The molecule has 1 unspecified atom stereocenters. The van der Waals surface area contributed by atoms with Crippen molar-refractivity contribution < 1.29 is 13.2 Å². The Kier molecular flexibility index (Phi) is 6.88. The lowest BCUT2D eigenvalue weighted by molar-refractivity contribution is 0.0930. The minimum Gasteiger partial charge on any atom is -0.349 e. The summed E-state index contributed by atoms with van der Waals surface area (Å²) in [6, 6.07) is 12.9. The molecule has 2 aromatic carbocycles. The van der Waals surface area contributed by atoms with Crippen molar-refractivity contribution in [2.45, 2.75) is 47.2 Å². The van der Waals surface area contributed by atoms with Crippen molar-refractivity contribution in [3.63, 3.8) is 0 Å². The van der Waals surface area contributed by atoms with E-state index in [0.717, 1.165) is 16.7 Å². The summed E-state index contributed by atoms with van der Waals surface area (Å²) in [5.41, 5.74) is 3.90. The number of benzene rings is 2. The van der Waals surface area contributed by atoms with Crippen LogP contribution in [-0.4, -0.2) is 26.6 Å². The Morgan fingerprint density at radius 2 is 1.54 bits per heavy atom. The van der Waals surface area contributed by atoms with E-state index >= 15 is 0 Å². The van der Waals surface area contributed by atoms with Crippen molar-refractivity contribution in [3.05, 3.63) is 64.7 Å². The molecule has 1 N–H and O–H groups in total. The van der Waals surface area contributed by atoms with E-state index < -0.39 is 10.0 Å². The number of carbonyl (C=O) groups excluding carboxylic acids is 1. The third-order valence-corrected chi connectivity index (χ3v) is 6.10. The van der Waals surface area contributed by atoms with Gasteiger partial charge in [-0.25, -0.2) is 8.42 Å². The van der Waals surface area contributed by atoms with E-state index in [2.05, 4.69) is 19.2 Å². The van der Waals surface area contributed by atoms with E-state index in [-0.39, 0.29) is 18.5 Å². The van der Waals surface area contributed by atoms with E-state index in [1.807, 2.05) is 39.0 Å². The van der Waals surface area contributed by atoms with Gasteiger partial charge in [0.1, 0.15) is 0 Å². The Bertz CT molecular complexity index is 915. The molecule has 1 amide bonds. The summed E-state index contributed by atoms with van der Waals surface area (Å²) in [5.74, 6) is 0.228. The highest BCUT2D eigenvalue weighted by molar-refractivity contribution is 7.92. The molecule has 0 heterocycles. The summed E-state index contributed by atoms with van der Waals surface area (Å²) >= 11 is 0. The minimum atomic E-state index is -3.46. The maximum atomic E-state index is 12.5. The normalized spacial score (nSPS) is 12.7. The largest absolute Gasteiger partial charge is 0.349 e. The highest BCUT2D eigenvalue weighted by atomic mass is 32.2. The highest BCUT2D eigenvalue weighted by Crippen LogP contribution is 2.28. The van der Waals surface area contributed by atoms with Crippen molar-refractivity contribution >= 4 is 21.6 Å². The molecule has 0 radical (unpaired) electrons. The lowest BCUT2D eigenvalue weighted by Crippen LogP contribution is -2.36. The molecule has 152 valence electrons. The van der Waals surface area contributed by atoms with E-state index in [9.17, 15) is 13.2 Å². The molecule has 0 aromatic heterocycles. The predicted molar refractivity (Wildman–Crippen MR) is 115 cm³/mol. The Morgan fingerprint density at radius 3 is 2.00 bits per heavy atom. The fourth-order valence-electron chi connectivity index (χ4n) is 2.95. The van der Waals surface area contributed by atoms with Crippen LogP contribution in [0.25, 0.3) is 0 Å². The Morgan fingerprint density at radius 1 is 1.00 bits per heavy atom.